The van der Waals surface area contributed by atoms with E-state index in [1.165, 1.54) is 42.0 Å². The van der Waals surface area contributed by atoms with Crippen LogP contribution in [0, 0.1) is 29.6 Å². The molecule has 2 aromatic carbocycles. The summed E-state index contributed by atoms with van der Waals surface area (Å²) >= 11 is 0. The lowest BCUT2D eigenvalue weighted by Gasteiger charge is -2.50. The molecule has 1 saturated carbocycles. The predicted octanol–water partition coefficient (Wildman–Crippen LogP) is 9.69. The van der Waals surface area contributed by atoms with Gasteiger partial charge in [0.1, 0.15) is 0 Å². The molecule has 186 valence electrons. The highest BCUT2D eigenvalue weighted by Gasteiger charge is 2.55. The fourth-order valence-corrected chi connectivity index (χ4v) is 12.3. The Bertz CT molecular complexity index is 1100. The summed E-state index contributed by atoms with van der Waals surface area (Å²) in [6, 6.07) is 17.9. The highest BCUT2D eigenvalue weighted by Crippen LogP contribution is 2.61. The standard InChI is InChI=1S/C32H44N2Si/c1-8-13-23-18-26-25(22(4)5)19-24(21(2)3)20-27(26)32(23)35(6,7)34-30-16-11-9-14-28(30)33-29-15-10-12-17-31(29)34/h9-12,14-17,19-23,26-27,32-33H,8,13,18H2,1-7H3. The summed E-state index contributed by atoms with van der Waals surface area (Å²) in [5.74, 6) is 3.36. The smallest absolute Gasteiger partial charge is 0.160 e. The van der Waals surface area contributed by atoms with Gasteiger partial charge in [-0.05, 0) is 71.4 Å². The molecule has 0 spiro atoms. The zero-order chi connectivity index (χ0) is 24.9. The van der Waals surface area contributed by atoms with Crippen LogP contribution in [0.1, 0.15) is 53.9 Å². The lowest BCUT2D eigenvalue weighted by Crippen LogP contribution is -2.53. The Morgan fingerprint density at radius 1 is 0.914 bits per heavy atom. The van der Waals surface area contributed by atoms with E-state index >= 15 is 0 Å². The maximum atomic E-state index is 3.73. The van der Waals surface area contributed by atoms with E-state index in [1.807, 2.05) is 0 Å². The minimum atomic E-state index is -1.99. The largest absolute Gasteiger partial charge is 0.366 e. The zero-order valence-electron chi connectivity index (χ0n) is 22.8. The first-order valence-corrected chi connectivity index (χ1v) is 16.9. The van der Waals surface area contributed by atoms with E-state index in [-0.39, 0.29) is 0 Å². The van der Waals surface area contributed by atoms with E-state index < -0.39 is 8.24 Å². The quantitative estimate of drug-likeness (QED) is 0.410. The number of nitrogens with zero attached hydrogens (tertiary/aromatic N) is 1. The first-order chi connectivity index (χ1) is 16.7. The third-order valence-corrected chi connectivity index (χ3v) is 13.2. The van der Waals surface area contributed by atoms with Crippen molar-refractivity contribution in [2.45, 2.75) is 72.5 Å². The highest BCUT2D eigenvalue weighted by molar-refractivity contribution is 6.84. The summed E-state index contributed by atoms with van der Waals surface area (Å²) < 4.78 is 2.82. The molecule has 0 aromatic heterocycles. The average molecular weight is 485 g/mol. The van der Waals surface area contributed by atoms with Crippen molar-refractivity contribution < 1.29 is 0 Å². The van der Waals surface area contributed by atoms with E-state index in [0.717, 1.165) is 11.5 Å². The van der Waals surface area contributed by atoms with Gasteiger partial charge in [-0.25, -0.2) is 0 Å². The monoisotopic (exact) mass is 484 g/mol. The van der Waals surface area contributed by atoms with Gasteiger partial charge in [-0.1, -0.05) is 103 Å². The summed E-state index contributed by atoms with van der Waals surface area (Å²) in [6.07, 6.45) is 9.31. The van der Waals surface area contributed by atoms with Gasteiger partial charge in [0.15, 0.2) is 8.24 Å². The number of anilines is 4. The van der Waals surface area contributed by atoms with Gasteiger partial charge in [-0.3, -0.25) is 0 Å². The van der Waals surface area contributed by atoms with Gasteiger partial charge >= 0.3 is 0 Å². The lowest BCUT2D eigenvalue weighted by molar-refractivity contribution is 0.458. The van der Waals surface area contributed by atoms with Crippen molar-refractivity contribution in [3.63, 3.8) is 0 Å². The number of benzene rings is 2. The molecule has 1 heterocycles. The Hall–Kier alpha value is -2.26. The summed E-state index contributed by atoms with van der Waals surface area (Å²) in [5, 5.41) is 3.73. The van der Waals surface area contributed by atoms with Crippen LogP contribution >= 0.6 is 0 Å². The molecule has 4 unspecified atom stereocenters. The average Bonchev–Trinajstić information content (AvgIpc) is 3.20. The Morgan fingerprint density at radius 2 is 1.51 bits per heavy atom. The van der Waals surface area contributed by atoms with Gasteiger partial charge in [0, 0.05) is 0 Å². The fourth-order valence-electron chi connectivity index (χ4n) is 7.61. The fraction of sp³-hybridized carbons (Fsp3) is 0.500. The molecule has 0 saturated heterocycles. The summed E-state index contributed by atoms with van der Waals surface area (Å²) in [4.78, 5) is 0. The molecule has 35 heavy (non-hydrogen) atoms. The molecule has 0 radical (unpaired) electrons. The molecular formula is C32H44N2Si. The number of nitrogens with one attached hydrogen (secondary N) is 1. The van der Waals surface area contributed by atoms with Gasteiger partial charge in [0.2, 0.25) is 0 Å². The molecule has 0 amide bonds. The van der Waals surface area contributed by atoms with Crippen molar-refractivity contribution >= 4 is 31.0 Å². The van der Waals surface area contributed by atoms with Gasteiger partial charge < -0.3 is 9.88 Å². The summed E-state index contributed by atoms with van der Waals surface area (Å²) in [6.45, 7) is 17.3. The Balaban J connectivity index is 1.66. The number of hydrogen-bond donors (Lipinski definition) is 1. The molecule has 1 N–H and O–H groups in total. The van der Waals surface area contributed by atoms with E-state index in [4.69, 9.17) is 0 Å². The van der Waals surface area contributed by atoms with Crippen LogP contribution in [0.25, 0.3) is 0 Å². The van der Waals surface area contributed by atoms with Gasteiger partial charge in [0.25, 0.3) is 0 Å². The second-order valence-corrected chi connectivity index (χ2v) is 16.7. The van der Waals surface area contributed by atoms with Crippen molar-refractivity contribution in [3.8, 4) is 0 Å². The van der Waals surface area contributed by atoms with Crippen LogP contribution in [0.2, 0.25) is 18.6 Å². The molecular weight excluding hydrogens is 440 g/mol. The SMILES string of the molecule is CCCC1CC2C(C(C)C)=CC(C(C)C)=CC2C1[Si](C)(C)N1c2ccccc2Nc2ccccc21. The van der Waals surface area contributed by atoms with Crippen molar-refractivity contribution in [1.82, 2.24) is 0 Å². The van der Waals surface area contributed by atoms with Crippen LogP contribution in [0.3, 0.4) is 0 Å². The van der Waals surface area contributed by atoms with Crippen LogP contribution < -0.4 is 9.88 Å². The highest BCUT2D eigenvalue weighted by atomic mass is 28.3. The first kappa shape index (κ1) is 24.4. The van der Waals surface area contributed by atoms with Crippen LogP contribution in [-0.2, 0) is 0 Å². The van der Waals surface area contributed by atoms with Gasteiger partial charge in [-0.15, -0.1) is 0 Å². The van der Waals surface area contributed by atoms with Gasteiger partial charge in [0.05, 0.1) is 22.7 Å². The number of para-hydroxylation sites is 4. The zero-order valence-corrected chi connectivity index (χ0v) is 23.8. The van der Waals surface area contributed by atoms with Crippen LogP contribution in [0.15, 0.2) is 71.8 Å². The molecule has 4 atom stereocenters. The Kier molecular flexibility index (Phi) is 6.50. The van der Waals surface area contributed by atoms with Gasteiger partial charge in [-0.2, -0.15) is 0 Å². The first-order valence-electron chi connectivity index (χ1n) is 13.9. The molecule has 1 aliphatic heterocycles. The van der Waals surface area contributed by atoms with Crippen LogP contribution in [0.5, 0.6) is 0 Å². The van der Waals surface area contributed by atoms with Crippen molar-refractivity contribution in [2.24, 2.45) is 29.6 Å². The molecule has 2 nitrogen and oxygen atoms in total. The second kappa shape index (κ2) is 9.31. The molecule has 0 bridgehead atoms. The predicted molar refractivity (Wildman–Crippen MR) is 155 cm³/mol. The molecule has 2 aliphatic carbocycles. The van der Waals surface area contributed by atoms with E-state index in [9.17, 15) is 0 Å². The number of fused-ring (bicyclic) bond motifs is 3. The maximum Gasteiger partial charge on any atom is 0.160 e. The second-order valence-electron chi connectivity index (χ2n) is 12.3. The molecule has 3 heteroatoms. The summed E-state index contributed by atoms with van der Waals surface area (Å²) in [5.41, 5.74) is 9.24. The normalized spacial score (nSPS) is 25.6. The van der Waals surface area contributed by atoms with E-state index in [0.29, 0.717) is 23.7 Å². The van der Waals surface area contributed by atoms with E-state index in [1.54, 1.807) is 11.1 Å². The minimum absolute atomic E-state index is 0.584. The molecule has 3 aliphatic rings. The number of rotatable bonds is 6. The van der Waals surface area contributed by atoms with Crippen molar-refractivity contribution in [1.29, 1.82) is 0 Å². The van der Waals surface area contributed by atoms with Crippen molar-refractivity contribution in [3.05, 3.63) is 71.8 Å². The third kappa shape index (κ3) is 4.10. The Morgan fingerprint density at radius 3 is 2.06 bits per heavy atom. The molecule has 5 rings (SSSR count). The molecule has 1 fully saturated rings. The Labute approximate surface area is 214 Å². The number of hydrogen-bond acceptors (Lipinski definition) is 2. The lowest BCUT2D eigenvalue weighted by atomic mass is 9.76. The maximum absolute atomic E-state index is 3.73. The van der Waals surface area contributed by atoms with Crippen LogP contribution in [0.4, 0.5) is 22.7 Å². The van der Waals surface area contributed by atoms with Crippen molar-refractivity contribution in [2.75, 3.05) is 9.88 Å². The van der Waals surface area contributed by atoms with Crippen LogP contribution in [-0.4, -0.2) is 8.24 Å². The summed E-state index contributed by atoms with van der Waals surface area (Å²) in [7, 11) is -1.99. The van der Waals surface area contributed by atoms with E-state index in [2.05, 4.69) is 118 Å². The number of allylic oxidation sites excluding steroid dienone is 4. The minimum Gasteiger partial charge on any atom is -0.366 e. The molecule has 2 aromatic rings. The third-order valence-electron chi connectivity index (χ3n) is 9.03. The topological polar surface area (TPSA) is 15.3 Å².